The van der Waals surface area contributed by atoms with Crippen LogP contribution in [-0.2, 0) is 5.41 Å². The molecule has 0 saturated heterocycles. The third kappa shape index (κ3) is 4.38. The van der Waals surface area contributed by atoms with Gasteiger partial charge in [0.15, 0.2) is 5.60 Å². The van der Waals surface area contributed by atoms with E-state index in [1.165, 1.54) is 33.1 Å². The fourth-order valence-electron chi connectivity index (χ4n) is 3.71. The maximum Gasteiger partial charge on any atom is 0.418 e. The van der Waals surface area contributed by atoms with Crippen molar-refractivity contribution in [1.29, 1.82) is 0 Å². The Labute approximate surface area is 171 Å². The summed E-state index contributed by atoms with van der Waals surface area (Å²) in [4.78, 5) is 3.01. The molecule has 0 fully saturated rings. The molecule has 2 aromatic carbocycles. The first kappa shape index (κ1) is 22.0. The van der Waals surface area contributed by atoms with Crippen molar-refractivity contribution in [1.82, 2.24) is 4.98 Å². The number of halogens is 4. The third-order valence-corrected chi connectivity index (χ3v) is 5.29. The number of fused-ring (bicyclic) bond motifs is 1. The van der Waals surface area contributed by atoms with Crippen molar-refractivity contribution in [3.8, 4) is 5.75 Å². The maximum absolute atomic E-state index is 13.9. The summed E-state index contributed by atoms with van der Waals surface area (Å²) in [7, 11) is 1.36. The monoisotopic (exact) mass is 424 g/mol. The highest BCUT2D eigenvalue weighted by atomic mass is 19.4. The Morgan fingerprint density at radius 2 is 1.80 bits per heavy atom. The van der Waals surface area contributed by atoms with E-state index in [1.807, 2.05) is 0 Å². The average Bonchev–Trinajstić information content (AvgIpc) is 3.13. The quantitative estimate of drug-likeness (QED) is 0.446. The summed E-state index contributed by atoms with van der Waals surface area (Å²) in [5, 5.41) is 14.2. The van der Waals surface area contributed by atoms with Crippen LogP contribution in [-0.4, -0.2) is 35.5 Å². The molecular weight excluding hydrogens is 400 g/mol. The summed E-state index contributed by atoms with van der Waals surface area (Å²) < 4.78 is 60.8. The van der Waals surface area contributed by atoms with Crippen molar-refractivity contribution in [3.05, 3.63) is 60.0 Å². The van der Waals surface area contributed by atoms with Crippen molar-refractivity contribution in [2.45, 2.75) is 37.5 Å². The second-order valence-electron chi connectivity index (χ2n) is 8.07. The van der Waals surface area contributed by atoms with Crippen LogP contribution in [0.3, 0.4) is 0 Å². The van der Waals surface area contributed by atoms with E-state index in [-0.39, 0.29) is 11.3 Å². The molecule has 0 aliphatic rings. The number of anilines is 1. The van der Waals surface area contributed by atoms with Crippen LogP contribution in [0.5, 0.6) is 5.75 Å². The van der Waals surface area contributed by atoms with Gasteiger partial charge in [-0.05, 0) is 54.3 Å². The molecule has 30 heavy (non-hydrogen) atoms. The second-order valence-corrected chi connectivity index (χ2v) is 8.07. The van der Waals surface area contributed by atoms with Gasteiger partial charge in [-0.3, -0.25) is 0 Å². The van der Waals surface area contributed by atoms with E-state index < -0.39 is 36.0 Å². The van der Waals surface area contributed by atoms with Gasteiger partial charge < -0.3 is 20.1 Å². The molecule has 0 bridgehead atoms. The van der Waals surface area contributed by atoms with Gasteiger partial charge in [-0.2, -0.15) is 13.2 Å². The topological polar surface area (TPSA) is 57.3 Å². The first-order valence-electron chi connectivity index (χ1n) is 9.39. The van der Waals surface area contributed by atoms with Crippen LogP contribution in [0, 0.1) is 5.82 Å². The number of methoxy groups -OCH3 is 1. The minimum atomic E-state index is -4.91. The molecule has 162 valence electrons. The van der Waals surface area contributed by atoms with E-state index >= 15 is 0 Å². The van der Waals surface area contributed by atoms with Crippen LogP contribution in [0.4, 0.5) is 23.2 Å². The van der Waals surface area contributed by atoms with E-state index in [1.54, 1.807) is 30.5 Å². The van der Waals surface area contributed by atoms with Crippen molar-refractivity contribution in [2.24, 2.45) is 0 Å². The first-order valence-corrected chi connectivity index (χ1v) is 9.39. The van der Waals surface area contributed by atoms with Gasteiger partial charge in [0.2, 0.25) is 0 Å². The van der Waals surface area contributed by atoms with E-state index in [0.717, 1.165) is 17.0 Å². The number of ether oxygens (including phenoxy) is 1. The Kier molecular flexibility index (Phi) is 5.73. The highest BCUT2D eigenvalue weighted by molar-refractivity contribution is 5.82. The van der Waals surface area contributed by atoms with Crippen molar-refractivity contribution >= 4 is 16.6 Å². The van der Waals surface area contributed by atoms with Gasteiger partial charge in [0.25, 0.3) is 0 Å². The Balaban J connectivity index is 1.88. The van der Waals surface area contributed by atoms with E-state index in [9.17, 15) is 22.7 Å². The molecule has 0 aliphatic heterocycles. The van der Waals surface area contributed by atoms with Crippen LogP contribution >= 0.6 is 0 Å². The fourth-order valence-corrected chi connectivity index (χ4v) is 3.71. The summed E-state index contributed by atoms with van der Waals surface area (Å²) in [6, 6.07) is 10.6. The summed E-state index contributed by atoms with van der Waals surface area (Å²) in [6.07, 6.45) is -3.87. The highest BCUT2D eigenvalue weighted by Crippen LogP contribution is 2.43. The van der Waals surface area contributed by atoms with Crippen molar-refractivity contribution < 1.29 is 27.4 Å². The summed E-state index contributed by atoms with van der Waals surface area (Å²) in [6.45, 7) is 2.28. The lowest BCUT2D eigenvalue weighted by molar-refractivity contribution is -0.260. The lowest BCUT2D eigenvalue weighted by Crippen LogP contribution is -2.53. The molecule has 1 atom stereocenters. The number of rotatable bonds is 7. The van der Waals surface area contributed by atoms with Gasteiger partial charge in [-0.1, -0.05) is 13.8 Å². The zero-order chi connectivity index (χ0) is 22.2. The Bertz CT molecular complexity index is 1030. The molecule has 1 aromatic heterocycles. The lowest BCUT2D eigenvalue weighted by atomic mass is 9.74. The van der Waals surface area contributed by atoms with Crippen LogP contribution in [0.2, 0.25) is 0 Å². The number of alkyl halides is 3. The molecule has 0 amide bonds. The molecule has 3 rings (SSSR count). The van der Waals surface area contributed by atoms with E-state index in [4.69, 9.17) is 4.74 Å². The van der Waals surface area contributed by atoms with Gasteiger partial charge in [0, 0.05) is 28.4 Å². The first-order chi connectivity index (χ1) is 13.9. The number of nitrogens with one attached hydrogen (secondary N) is 2. The standard InChI is InChI=1S/C22H24F4N2O2/c1-20(2,17-11-15(23)4-7-19(17)30-3)12-21(29,22(24,25)26)13-28-16-5-6-18-14(10-16)8-9-27-18/h4-11,27-29H,12-13H2,1-3H3. The predicted molar refractivity (Wildman–Crippen MR) is 108 cm³/mol. The molecule has 8 heteroatoms. The maximum atomic E-state index is 13.9. The molecule has 0 radical (unpaired) electrons. The van der Waals surface area contributed by atoms with Gasteiger partial charge in [0.1, 0.15) is 11.6 Å². The number of H-pyrrole nitrogens is 1. The van der Waals surface area contributed by atoms with Gasteiger partial charge in [0.05, 0.1) is 13.7 Å². The number of aromatic nitrogens is 1. The van der Waals surface area contributed by atoms with Gasteiger partial charge in [-0.15, -0.1) is 0 Å². The molecule has 0 spiro atoms. The molecule has 1 heterocycles. The zero-order valence-electron chi connectivity index (χ0n) is 16.9. The van der Waals surface area contributed by atoms with Crippen LogP contribution in [0.15, 0.2) is 48.7 Å². The summed E-state index contributed by atoms with van der Waals surface area (Å²) in [5.41, 5.74) is -2.73. The van der Waals surface area contributed by atoms with E-state index in [2.05, 4.69) is 10.3 Å². The summed E-state index contributed by atoms with van der Waals surface area (Å²) in [5.74, 6) is -0.329. The Morgan fingerprint density at radius 3 is 2.47 bits per heavy atom. The lowest BCUT2D eigenvalue weighted by Gasteiger charge is -2.38. The van der Waals surface area contributed by atoms with E-state index in [0.29, 0.717) is 5.69 Å². The van der Waals surface area contributed by atoms with Crippen molar-refractivity contribution in [2.75, 3.05) is 19.0 Å². The molecule has 3 N–H and O–H groups in total. The molecule has 3 aromatic rings. The SMILES string of the molecule is COc1ccc(F)cc1C(C)(C)CC(O)(CNc1ccc2[nH]ccc2c1)C(F)(F)F. The third-order valence-electron chi connectivity index (χ3n) is 5.29. The molecule has 0 saturated carbocycles. The molecular formula is C22H24F4N2O2. The molecule has 1 unspecified atom stereocenters. The van der Waals surface area contributed by atoms with Crippen molar-refractivity contribution in [3.63, 3.8) is 0 Å². The van der Waals surface area contributed by atoms with Gasteiger partial charge in [-0.25, -0.2) is 4.39 Å². The second kappa shape index (κ2) is 7.83. The van der Waals surface area contributed by atoms with Crippen LogP contribution < -0.4 is 10.1 Å². The normalized spacial score (nSPS) is 14.5. The fraction of sp³-hybridized carbons (Fsp3) is 0.364. The largest absolute Gasteiger partial charge is 0.496 e. The number of hydrogen-bond acceptors (Lipinski definition) is 3. The summed E-state index contributed by atoms with van der Waals surface area (Å²) >= 11 is 0. The minimum Gasteiger partial charge on any atom is -0.496 e. The number of benzene rings is 2. The van der Waals surface area contributed by atoms with Gasteiger partial charge >= 0.3 is 6.18 Å². The average molecular weight is 424 g/mol. The minimum absolute atomic E-state index is 0.251. The predicted octanol–water partition coefficient (Wildman–Crippen LogP) is 5.39. The Morgan fingerprint density at radius 1 is 1.07 bits per heavy atom. The molecule has 4 nitrogen and oxygen atoms in total. The number of aliphatic hydroxyl groups is 1. The van der Waals surface area contributed by atoms with Crippen LogP contribution in [0.25, 0.3) is 10.9 Å². The smallest absolute Gasteiger partial charge is 0.418 e. The number of hydrogen-bond donors (Lipinski definition) is 3. The zero-order valence-corrected chi connectivity index (χ0v) is 16.9. The van der Waals surface area contributed by atoms with Crippen LogP contribution in [0.1, 0.15) is 25.8 Å². The Hall–Kier alpha value is -2.74. The number of aromatic amines is 1. The highest BCUT2D eigenvalue weighted by Gasteiger charge is 2.56. The molecule has 0 aliphatic carbocycles.